The molecule has 0 N–H and O–H groups in total. The lowest BCUT2D eigenvalue weighted by molar-refractivity contribution is -0.130. The Balaban J connectivity index is 1.56. The van der Waals surface area contributed by atoms with E-state index in [1.807, 2.05) is 18.2 Å². The quantitative estimate of drug-likeness (QED) is 0.624. The number of anilines is 1. The van der Waals surface area contributed by atoms with Crippen molar-refractivity contribution in [2.45, 2.75) is 12.8 Å². The number of aliphatic imine (C=N–C) groups is 1. The summed E-state index contributed by atoms with van der Waals surface area (Å²) in [7, 11) is 0. The summed E-state index contributed by atoms with van der Waals surface area (Å²) in [6.07, 6.45) is 3.07. The lowest BCUT2D eigenvalue weighted by atomic mass is 10.1. The molecule has 2 aromatic carbocycles. The summed E-state index contributed by atoms with van der Waals surface area (Å²) in [5.74, 6) is -0.160. The number of hydrogen-bond acceptors (Lipinski definition) is 5. The van der Waals surface area contributed by atoms with Gasteiger partial charge in [0.05, 0.1) is 11.6 Å². The van der Waals surface area contributed by atoms with Gasteiger partial charge in [0.25, 0.3) is 0 Å². The van der Waals surface area contributed by atoms with Crippen LogP contribution in [0.2, 0.25) is 0 Å². The fourth-order valence-electron chi connectivity index (χ4n) is 3.05. The highest BCUT2D eigenvalue weighted by Crippen LogP contribution is 2.24. The standard InChI is InChI=1S/C21H15N3O3/c22-13-15-5-3-14(4-6-15)12-18-21(26)27-20(23-18)16-7-9-17(10-8-16)24-11-1-2-19(24)25/h3-10,12H,1-2,11H2. The van der Waals surface area contributed by atoms with E-state index in [2.05, 4.69) is 4.99 Å². The molecular formula is C21H15N3O3. The Kier molecular flexibility index (Phi) is 4.27. The van der Waals surface area contributed by atoms with Crippen LogP contribution in [0.25, 0.3) is 6.08 Å². The summed E-state index contributed by atoms with van der Waals surface area (Å²) >= 11 is 0. The van der Waals surface area contributed by atoms with Crippen molar-refractivity contribution in [3.05, 3.63) is 70.9 Å². The van der Waals surface area contributed by atoms with Crippen LogP contribution in [0.1, 0.15) is 29.5 Å². The summed E-state index contributed by atoms with van der Waals surface area (Å²) < 4.78 is 5.27. The molecule has 2 aromatic rings. The third-order valence-corrected chi connectivity index (χ3v) is 4.46. The average Bonchev–Trinajstić information content (AvgIpc) is 3.28. The van der Waals surface area contributed by atoms with Gasteiger partial charge in [-0.05, 0) is 54.5 Å². The lowest BCUT2D eigenvalue weighted by Crippen LogP contribution is -2.23. The number of rotatable bonds is 3. The predicted octanol–water partition coefficient (Wildman–Crippen LogP) is 3.03. The topological polar surface area (TPSA) is 82.8 Å². The van der Waals surface area contributed by atoms with Crippen molar-refractivity contribution >= 4 is 29.5 Å². The molecule has 0 radical (unpaired) electrons. The number of nitriles is 1. The third kappa shape index (κ3) is 3.35. The molecule has 2 heterocycles. The van der Waals surface area contributed by atoms with E-state index in [0.717, 1.165) is 24.2 Å². The molecule has 6 heteroatoms. The number of esters is 1. The van der Waals surface area contributed by atoms with Gasteiger partial charge in [-0.25, -0.2) is 9.79 Å². The maximum atomic E-state index is 12.1. The van der Waals surface area contributed by atoms with Crippen molar-refractivity contribution in [2.24, 2.45) is 4.99 Å². The lowest BCUT2D eigenvalue weighted by Gasteiger charge is -2.15. The Hall–Kier alpha value is -3.72. The summed E-state index contributed by atoms with van der Waals surface area (Å²) in [6, 6.07) is 16.1. The minimum atomic E-state index is -0.520. The largest absolute Gasteiger partial charge is 0.402 e. The molecule has 1 fully saturated rings. The Morgan fingerprint density at radius 3 is 2.44 bits per heavy atom. The average molecular weight is 357 g/mol. The van der Waals surface area contributed by atoms with Crippen molar-refractivity contribution in [3.63, 3.8) is 0 Å². The molecule has 1 saturated heterocycles. The minimum absolute atomic E-state index is 0.125. The first-order valence-corrected chi connectivity index (χ1v) is 8.57. The minimum Gasteiger partial charge on any atom is -0.402 e. The molecule has 1 amide bonds. The highest BCUT2D eigenvalue weighted by atomic mass is 16.6. The maximum Gasteiger partial charge on any atom is 0.363 e. The van der Waals surface area contributed by atoms with Crippen LogP contribution in [0.4, 0.5) is 5.69 Å². The zero-order valence-corrected chi connectivity index (χ0v) is 14.4. The summed E-state index contributed by atoms with van der Waals surface area (Å²) in [6.45, 7) is 0.728. The molecule has 0 unspecified atom stereocenters. The van der Waals surface area contributed by atoms with E-state index in [4.69, 9.17) is 10.00 Å². The Labute approximate surface area is 156 Å². The number of nitrogens with zero attached hydrogens (tertiary/aromatic N) is 3. The molecule has 6 nitrogen and oxygen atoms in total. The van der Waals surface area contributed by atoms with Crippen LogP contribution in [0.15, 0.2) is 59.2 Å². The molecule has 0 aliphatic carbocycles. The molecule has 0 bridgehead atoms. The van der Waals surface area contributed by atoms with E-state index < -0.39 is 5.97 Å². The van der Waals surface area contributed by atoms with Gasteiger partial charge in [-0.3, -0.25) is 4.79 Å². The van der Waals surface area contributed by atoms with Gasteiger partial charge in [-0.1, -0.05) is 12.1 Å². The maximum absolute atomic E-state index is 12.1. The fourth-order valence-corrected chi connectivity index (χ4v) is 3.05. The number of amides is 1. The SMILES string of the molecule is N#Cc1ccc(C=C2N=C(c3ccc(N4CCCC4=O)cc3)OC2=O)cc1. The molecule has 0 saturated carbocycles. The first-order chi connectivity index (χ1) is 13.1. The van der Waals surface area contributed by atoms with Crippen molar-refractivity contribution in [2.75, 3.05) is 11.4 Å². The molecule has 132 valence electrons. The summed E-state index contributed by atoms with van der Waals surface area (Å²) in [5.41, 5.74) is 3.01. The first kappa shape index (κ1) is 16.7. The second kappa shape index (κ2) is 6.89. The zero-order valence-electron chi connectivity index (χ0n) is 14.4. The number of carbonyl (C=O) groups excluding carboxylic acids is 2. The third-order valence-electron chi connectivity index (χ3n) is 4.46. The van der Waals surface area contributed by atoms with Gasteiger partial charge in [0, 0.05) is 24.2 Å². The van der Waals surface area contributed by atoms with Gasteiger partial charge in [0.1, 0.15) is 0 Å². The molecular weight excluding hydrogens is 342 g/mol. The van der Waals surface area contributed by atoms with E-state index in [-0.39, 0.29) is 17.5 Å². The van der Waals surface area contributed by atoms with Crippen LogP contribution in [0.5, 0.6) is 0 Å². The molecule has 2 aliphatic heterocycles. The second-order valence-electron chi connectivity index (χ2n) is 6.27. The monoisotopic (exact) mass is 357 g/mol. The Morgan fingerprint density at radius 2 is 1.81 bits per heavy atom. The Bertz CT molecular complexity index is 1010. The van der Waals surface area contributed by atoms with Crippen LogP contribution in [0.3, 0.4) is 0 Å². The van der Waals surface area contributed by atoms with Crippen molar-refractivity contribution in [1.29, 1.82) is 5.26 Å². The highest BCUT2D eigenvalue weighted by molar-refractivity contribution is 6.13. The van der Waals surface area contributed by atoms with Crippen LogP contribution in [-0.4, -0.2) is 24.3 Å². The van der Waals surface area contributed by atoms with E-state index >= 15 is 0 Å². The van der Waals surface area contributed by atoms with Crippen molar-refractivity contribution < 1.29 is 14.3 Å². The Morgan fingerprint density at radius 1 is 1.07 bits per heavy atom. The van der Waals surface area contributed by atoms with E-state index in [1.54, 1.807) is 47.4 Å². The first-order valence-electron chi connectivity index (χ1n) is 8.57. The van der Waals surface area contributed by atoms with Gasteiger partial charge in [-0.2, -0.15) is 5.26 Å². The highest BCUT2D eigenvalue weighted by Gasteiger charge is 2.25. The number of carbonyl (C=O) groups is 2. The van der Waals surface area contributed by atoms with Gasteiger partial charge >= 0.3 is 5.97 Å². The summed E-state index contributed by atoms with van der Waals surface area (Å²) in [5, 5.41) is 8.84. The molecule has 0 aromatic heterocycles. The van der Waals surface area contributed by atoms with Crippen LogP contribution in [-0.2, 0) is 14.3 Å². The van der Waals surface area contributed by atoms with E-state index in [0.29, 0.717) is 17.5 Å². The van der Waals surface area contributed by atoms with Crippen molar-refractivity contribution in [1.82, 2.24) is 0 Å². The van der Waals surface area contributed by atoms with E-state index in [9.17, 15) is 9.59 Å². The fraction of sp³-hybridized carbons (Fsp3) is 0.143. The van der Waals surface area contributed by atoms with E-state index in [1.165, 1.54) is 0 Å². The van der Waals surface area contributed by atoms with Gasteiger partial charge in [-0.15, -0.1) is 0 Å². The number of cyclic esters (lactones) is 1. The van der Waals surface area contributed by atoms with Crippen LogP contribution in [0, 0.1) is 11.3 Å². The van der Waals surface area contributed by atoms with Gasteiger partial charge in [0.2, 0.25) is 11.8 Å². The number of hydrogen-bond donors (Lipinski definition) is 0. The van der Waals surface area contributed by atoms with Gasteiger partial charge in [0.15, 0.2) is 5.70 Å². The zero-order chi connectivity index (χ0) is 18.8. The molecule has 27 heavy (non-hydrogen) atoms. The normalized spacial score (nSPS) is 17.8. The molecule has 4 rings (SSSR count). The summed E-state index contributed by atoms with van der Waals surface area (Å²) in [4.78, 5) is 29.9. The van der Waals surface area contributed by atoms with Gasteiger partial charge < -0.3 is 9.64 Å². The van der Waals surface area contributed by atoms with Crippen LogP contribution >= 0.6 is 0 Å². The molecule has 2 aliphatic rings. The number of ether oxygens (including phenoxy) is 1. The van der Waals surface area contributed by atoms with Crippen molar-refractivity contribution in [3.8, 4) is 6.07 Å². The molecule has 0 spiro atoms. The predicted molar refractivity (Wildman–Crippen MR) is 99.8 cm³/mol. The molecule has 0 atom stereocenters. The van der Waals surface area contributed by atoms with Crippen LogP contribution < -0.4 is 4.90 Å². The second-order valence-corrected chi connectivity index (χ2v) is 6.27. The number of benzene rings is 2. The smallest absolute Gasteiger partial charge is 0.363 e.